The highest BCUT2D eigenvalue weighted by Crippen LogP contribution is 2.31. The Morgan fingerprint density at radius 1 is 1.22 bits per heavy atom. The molecular weight excluding hydrogens is 292 g/mol. The molecule has 23 heavy (non-hydrogen) atoms. The van der Waals surface area contributed by atoms with Crippen molar-refractivity contribution in [2.45, 2.75) is 32.2 Å². The molecule has 7 nitrogen and oxygen atoms in total. The highest BCUT2D eigenvalue weighted by Gasteiger charge is 2.32. The number of nitrogens with zero attached hydrogens (tertiary/aromatic N) is 5. The zero-order chi connectivity index (χ0) is 16.0. The minimum atomic E-state index is 0.340. The summed E-state index contributed by atoms with van der Waals surface area (Å²) < 4.78 is 7.57. The largest absolute Gasteiger partial charge is 0.381 e. The van der Waals surface area contributed by atoms with Crippen molar-refractivity contribution in [3.63, 3.8) is 0 Å². The first-order valence-electron chi connectivity index (χ1n) is 8.10. The van der Waals surface area contributed by atoms with Gasteiger partial charge in [-0.3, -0.25) is 4.68 Å². The zero-order valence-electron chi connectivity index (χ0n) is 13.6. The standard InChI is InChI=1S/C16H22N6O/c1-10-5-11(2)22(20-10)13-7-21(8-13)15-6-14(18-16(17)19-15)12-3-4-23-9-12/h5-6,12-13H,3-4,7-9H2,1-2H3,(H2,17,18,19). The molecule has 2 aliphatic heterocycles. The van der Waals surface area contributed by atoms with E-state index in [9.17, 15) is 0 Å². The normalized spacial score (nSPS) is 21.7. The summed E-state index contributed by atoms with van der Waals surface area (Å²) in [5.74, 6) is 1.60. The Morgan fingerprint density at radius 2 is 2.04 bits per heavy atom. The molecule has 0 bridgehead atoms. The first-order chi connectivity index (χ1) is 11.1. The molecule has 1 atom stereocenters. The van der Waals surface area contributed by atoms with Crippen molar-refractivity contribution in [2.24, 2.45) is 0 Å². The third-order valence-corrected chi connectivity index (χ3v) is 4.67. The Balaban J connectivity index is 1.50. The van der Waals surface area contributed by atoms with Crippen LogP contribution in [-0.4, -0.2) is 46.1 Å². The van der Waals surface area contributed by atoms with Gasteiger partial charge in [-0.15, -0.1) is 0 Å². The summed E-state index contributed by atoms with van der Waals surface area (Å²) in [6, 6.07) is 4.58. The lowest BCUT2D eigenvalue weighted by atomic mass is 10.0. The van der Waals surface area contributed by atoms with E-state index in [0.29, 0.717) is 17.9 Å². The summed E-state index contributed by atoms with van der Waals surface area (Å²) in [5, 5.41) is 4.57. The topological polar surface area (TPSA) is 82.1 Å². The van der Waals surface area contributed by atoms with Crippen LogP contribution in [0.2, 0.25) is 0 Å². The van der Waals surface area contributed by atoms with Gasteiger partial charge in [-0.25, -0.2) is 4.98 Å². The number of aromatic nitrogens is 4. The quantitative estimate of drug-likeness (QED) is 0.923. The molecule has 4 rings (SSSR count). The van der Waals surface area contributed by atoms with Crippen LogP contribution >= 0.6 is 0 Å². The van der Waals surface area contributed by atoms with Crippen LogP contribution in [0.4, 0.5) is 11.8 Å². The average molecular weight is 314 g/mol. The van der Waals surface area contributed by atoms with E-state index in [0.717, 1.165) is 49.9 Å². The molecule has 122 valence electrons. The molecule has 2 N–H and O–H groups in total. The van der Waals surface area contributed by atoms with Crippen LogP contribution < -0.4 is 10.6 Å². The van der Waals surface area contributed by atoms with Crippen LogP contribution in [0.1, 0.15) is 35.5 Å². The fourth-order valence-electron chi connectivity index (χ4n) is 3.42. The van der Waals surface area contributed by atoms with E-state index < -0.39 is 0 Å². The smallest absolute Gasteiger partial charge is 0.222 e. The Hall–Kier alpha value is -2.15. The number of hydrogen-bond donors (Lipinski definition) is 1. The van der Waals surface area contributed by atoms with Crippen LogP contribution in [0, 0.1) is 13.8 Å². The first kappa shape index (κ1) is 14.4. The molecule has 1 unspecified atom stereocenters. The molecule has 2 aromatic rings. The van der Waals surface area contributed by atoms with E-state index >= 15 is 0 Å². The summed E-state index contributed by atoms with van der Waals surface area (Å²) in [7, 11) is 0. The molecular formula is C16H22N6O. The Labute approximate surface area is 135 Å². The second-order valence-corrected chi connectivity index (χ2v) is 6.50. The second-order valence-electron chi connectivity index (χ2n) is 6.50. The molecule has 0 aromatic carbocycles. The fourth-order valence-corrected chi connectivity index (χ4v) is 3.42. The molecule has 0 saturated carbocycles. The van der Waals surface area contributed by atoms with Gasteiger partial charge in [0.1, 0.15) is 5.82 Å². The SMILES string of the molecule is Cc1cc(C)n(C2CN(c3cc(C4CCOC4)nc(N)n3)C2)n1. The molecule has 0 aliphatic carbocycles. The van der Waals surface area contributed by atoms with Crippen LogP contribution in [0.15, 0.2) is 12.1 Å². The number of anilines is 2. The number of nitrogens with two attached hydrogens (primary N) is 1. The summed E-state index contributed by atoms with van der Waals surface area (Å²) in [6.45, 7) is 7.46. The summed E-state index contributed by atoms with van der Waals surface area (Å²) in [6.07, 6.45) is 1.00. The number of hydrogen-bond acceptors (Lipinski definition) is 6. The highest BCUT2D eigenvalue weighted by molar-refractivity contribution is 5.47. The molecule has 2 saturated heterocycles. The van der Waals surface area contributed by atoms with Gasteiger partial charge in [0.05, 0.1) is 24.0 Å². The third-order valence-electron chi connectivity index (χ3n) is 4.67. The first-order valence-corrected chi connectivity index (χ1v) is 8.10. The number of aryl methyl sites for hydroxylation is 2. The molecule has 2 aromatic heterocycles. The van der Waals surface area contributed by atoms with Crippen LogP contribution in [0.5, 0.6) is 0 Å². The maximum absolute atomic E-state index is 5.91. The van der Waals surface area contributed by atoms with Crippen molar-refractivity contribution in [2.75, 3.05) is 36.9 Å². The van der Waals surface area contributed by atoms with Crippen molar-refractivity contribution in [1.82, 2.24) is 19.7 Å². The van der Waals surface area contributed by atoms with Gasteiger partial charge in [0, 0.05) is 37.4 Å². The van der Waals surface area contributed by atoms with E-state index in [1.807, 2.05) is 6.92 Å². The third kappa shape index (κ3) is 2.65. The Morgan fingerprint density at radius 3 is 2.70 bits per heavy atom. The van der Waals surface area contributed by atoms with Gasteiger partial charge in [0.25, 0.3) is 0 Å². The van der Waals surface area contributed by atoms with Gasteiger partial charge in [0.15, 0.2) is 0 Å². The molecule has 4 heterocycles. The van der Waals surface area contributed by atoms with E-state index in [1.165, 1.54) is 5.69 Å². The molecule has 0 radical (unpaired) electrons. The van der Waals surface area contributed by atoms with Crippen molar-refractivity contribution in [3.8, 4) is 0 Å². The number of ether oxygens (including phenoxy) is 1. The monoisotopic (exact) mass is 314 g/mol. The van der Waals surface area contributed by atoms with Crippen LogP contribution in [0.25, 0.3) is 0 Å². The average Bonchev–Trinajstić information content (AvgIpc) is 3.07. The van der Waals surface area contributed by atoms with E-state index in [2.05, 4.69) is 43.7 Å². The maximum Gasteiger partial charge on any atom is 0.222 e. The Bertz CT molecular complexity index is 715. The molecule has 0 amide bonds. The van der Waals surface area contributed by atoms with Gasteiger partial charge in [-0.05, 0) is 26.3 Å². The molecule has 2 aliphatic rings. The van der Waals surface area contributed by atoms with Gasteiger partial charge in [-0.2, -0.15) is 10.1 Å². The van der Waals surface area contributed by atoms with Gasteiger partial charge < -0.3 is 15.4 Å². The molecule has 2 fully saturated rings. The lowest BCUT2D eigenvalue weighted by Gasteiger charge is -2.40. The minimum absolute atomic E-state index is 0.340. The van der Waals surface area contributed by atoms with Gasteiger partial charge >= 0.3 is 0 Å². The van der Waals surface area contributed by atoms with E-state index in [1.54, 1.807) is 0 Å². The van der Waals surface area contributed by atoms with Gasteiger partial charge in [0.2, 0.25) is 5.95 Å². The van der Waals surface area contributed by atoms with Gasteiger partial charge in [-0.1, -0.05) is 0 Å². The molecule has 0 spiro atoms. The van der Waals surface area contributed by atoms with Crippen molar-refractivity contribution in [1.29, 1.82) is 0 Å². The zero-order valence-corrected chi connectivity index (χ0v) is 13.6. The van der Waals surface area contributed by atoms with Crippen molar-refractivity contribution < 1.29 is 4.74 Å². The summed E-state index contributed by atoms with van der Waals surface area (Å²) in [5.41, 5.74) is 9.18. The molecule has 7 heteroatoms. The lowest BCUT2D eigenvalue weighted by molar-refractivity contribution is 0.193. The number of rotatable bonds is 3. The minimum Gasteiger partial charge on any atom is -0.381 e. The fraction of sp³-hybridized carbons (Fsp3) is 0.562. The second kappa shape index (κ2) is 5.49. The maximum atomic E-state index is 5.91. The van der Waals surface area contributed by atoms with E-state index in [4.69, 9.17) is 10.5 Å². The van der Waals surface area contributed by atoms with Crippen LogP contribution in [-0.2, 0) is 4.74 Å². The summed E-state index contributed by atoms with van der Waals surface area (Å²) in [4.78, 5) is 11.0. The van der Waals surface area contributed by atoms with E-state index in [-0.39, 0.29) is 0 Å². The Kier molecular flexibility index (Phi) is 3.45. The summed E-state index contributed by atoms with van der Waals surface area (Å²) >= 11 is 0. The predicted molar refractivity (Wildman–Crippen MR) is 87.6 cm³/mol. The lowest BCUT2D eigenvalue weighted by Crippen LogP contribution is -2.49. The van der Waals surface area contributed by atoms with Crippen LogP contribution in [0.3, 0.4) is 0 Å². The number of nitrogen functional groups attached to an aromatic ring is 1. The van der Waals surface area contributed by atoms with Crippen molar-refractivity contribution in [3.05, 3.63) is 29.2 Å². The van der Waals surface area contributed by atoms with Crippen molar-refractivity contribution >= 4 is 11.8 Å². The highest BCUT2D eigenvalue weighted by atomic mass is 16.5. The predicted octanol–water partition coefficient (Wildman–Crippen LogP) is 1.44.